The van der Waals surface area contributed by atoms with Gasteiger partial charge in [0.1, 0.15) is 11.6 Å². The van der Waals surface area contributed by atoms with Gasteiger partial charge in [-0.15, -0.1) is 0 Å². The van der Waals surface area contributed by atoms with Crippen LogP contribution in [0.2, 0.25) is 5.02 Å². The predicted molar refractivity (Wildman–Crippen MR) is 109 cm³/mol. The van der Waals surface area contributed by atoms with E-state index < -0.39 is 5.91 Å². The first kappa shape index (κ1) is 20.9. The molecule has 28 heavy (non-hydrogen) atoms. The molecule has 0 aliphatic rings. The summed E-state index contributed by atoms with van der Waals surface area (Å²) in [6.45, 7) is 0.524. The van der Waals surface area contributed by atoms with Gasteiger partial charge in [-0.2, -0.15) is 5.26 Å². The molecule has 0 aliphatic carbocycles. The maximum atomic E-state index is 12.2. The van der Waals surface area contributed by atoms with Crippen LogP contribution < -0.4 is 25.8 Å². The van der Waals surface area contributed by atoms with Gasteiger partial charge < -0.3 is 25.8 Å². The standard InChI is InChI=1S/C20H21ClN4O3/c1-27-18-6-3-13(9-19(18)28-2)7-8-24-12-14(11-22)20(26)25-17-5-4-15(23)10-16(17)21/h3-6,9-10,12,24H,7-8,23H2,1-2H3,(H,25,26)/b14-12-. The van der Waals surface area contributed by atoms with Gasteiger partial charge in [-0.05, 0) is 42.3 Å². The van der Waals surface area contributed by atoms with Gasteiger partial charge in [-0.1, -0.05) is 17.7 Å². The third-order valence-electron chi connectivity index (χ3n) is 3.86. The highest BCUT2D eigenvalue weighted by atomic mass is 35.5. The summed E-state index contributed by atoms with van der Waals surface area (Å²) in [6, 6.07) is 12.2. The SMILES string of the molecule is COc1ccc(CCN/C=C(/C#N)C(=O)Nc2ccc(N)cc2Cl)cc1OC. The molecule has 0 heterocycles. The lowest BCUT2D eigenvalue weighted by Gasteiger charge is -2.10. The van der Waals surface area contributed by atoms with Crippen LogP contribution in [0.4, 0.5) is 11.4 Å². The zero-order valence-corrected chi connectivity index (χ0v) is 16.3. The number of hydrogen-bond donors (Lipinski definition) is 3. The monoisotopic (exact) mass is 400 g/mol. The zero-order chi connectivity index (χ0) is 20.5. The van der Waals surface area contributed by atoms with Gasteiger partial charge in [0.2, 0.25) is 0 Å². The summed E-state index contributed by atoms with van der Waals surface area (Å²) in [5, 5.41) is 15.1. The van der Waals surface area contributed by atoms with E-state index >= 15 is 0 Å². The van der Waals surface area contributed by atoms with E-state index in [1.807, 2.05) is 24.3 Å². The molecule has 2 aromatic rings. The van der Waals surface area contributed by atoms with Crippen LogP contribution in [0.15, 0.2) is 48.2 Å². The highest BCUT2D eigenvalue weighted by Gasteiger charge is 2.11. The van der Waals surface area contributed by atoms with Crippen molar-refractivity contribution in [1.29, 1.82) is 5.26 Å². The molecular formula is C20H21ClN4O3. The summed E-state index contributed by atoms with van der Waals surface area (Å²) < 4.78 is 10.5. The molecule has 0 saturated heterocycles. The number of halogens is 1. The van der Waals surface area contributed by atoms with Gasteiger partial charge in [0.05, 0.1) is 24.9 Å². The second-order valence-electron chi connectivity index (χ2n) is 5.76. The van der Waals surface area contributed by atoms with Crippen molar-refractivity contribution >= 4 is 28.9 Å². The van der Waals surface area contributed by atoms with E-state index in [0.29, 0.717) is 40.9 Å². The molecule has 7 nitrogen and oxygen atoms in total. The summed E-state index contributed by atoms with van der Waals surface area (Å²) >= 11 is 6.03. The molecule has 0 aliphatic heterocycles. The van der Waals surface area contributed by atoms with Gasteiger partial charge in [0.15, 0.2) is 11.5 Å². The second kappa shape index (κ2) is 10.1. The lowest BCUT2D eigenvalue weighted by Crippen LogP contribution is -2.18. The largest absolute Gasteiger partial charge is 0.493 e. The number of nitrogens with one attached hydrogen (secondary N) is 2. The fourth-order valence-electron chi connectivity index (χ4n) is 2.40. The van der Waals surface area contributed by atoms with E-state index in [9.17, 15) is 10.1 Å². The quantitative estimate of drug-likeness (QED) is 0.272. The minimum atomic E-state index is -0.562. The van der Waals surface area contributed by atoms with Gasteiger partial charge >= 0.3 is 0 Å². The Morgan fingerprint density at radius 2 is 1.96 bits per heavy atom. The molecule has 0 radical (unpaired) electrons. The Hall–Kier alpha value is -3.37. The Kier molecular flexibility index (Phi) is 7.55. The molecule has 0 spiro atoms. The molecule has 0 atom stereocenters. The van der Waals surface area contributed by atoms with E-state index in [2.05, 4.69) is 10.6 Å². The van der Waals surface area contributed by atoms with Crippen molar-refractivity contribution in [3.63, 3.8) is 0 Å². The van der Waals surface area contributed by atoms with Crippen LogP contribution in [-0.2, 0) is 11.2 Å². The van der Waals surface area contributed by atoms with Crippen molar-refractivity contribution in [2.45, 2.75) is 6.42 Å². The molecule has 0 aromatic heterocycles. The van der Waals surface area contributed by atoms with Gasteiger partial charge in [0.25, 0.3) is 5.91 Å². The van der Waals surface area contributed by atoms with Crippen LogP contribution >= 0.6 is 11.6 Å². The molecule has 0 bridgehead atoms. The molecular weight excluding hydrogens is 380 g/mol. The number of anilines is 2. The van der Waals surface area contributed by atoms with Crippen LogP contribution in [0, 0.1) is 11.3 Å². The highest BCUT2D eigenvalue weighted by molar-refractivity contribution is 6.34. The minimum absolute atomic E-state index is 0.0693. The van der Waals surface area contributed by atoms with Crippen molar-refractivity contribution < 1.29 is 14.3 Å². The smallest absolute Gasteiger partial charge is 0.267 e. The van der Waals surface area contributed by atoms with Crippen LogP contribution in [0.5, 0.6) is 11.5 Å². The van der Waals surface area contributed by atoms with E-state index in [0.717, 1.165) is 5.56 Å². The molecule has 146 valence electrons. The zero-order valence-electron chi connectivity index (χ0n) is 15.6. The number of benzene rings is 2. The number of hydrogen-bond acceptors (Lipinski definition) is 6. The number of methoxy groups -OCH3 is 2. The van der Waals surface area contributed by atoms with Crippen molar-refractivity contribution in [2.75, 3.05) is 31.8 Å². The van der Waals surface area contributed by atoms with E-state index in [-0.39, 0.29) is 5.57 Å². The van der Waals surface area contributed by atoms with Crippen LogP contribution in [0.25, 0.3) is 0 Å². The number of nitrogens with two attached hydrogens (primary N) is 1. The summed E-state index contributed by atoms with van der Waals surface area (Å²) in [6.07, 6.45) is 2.04. The summed E-state index contributed by atoms with van der Waals surface area (Å²) in [5.41, 5.74) is 7.44. The number of rotatable bonds is 8. The molecule has 2 rings (SSSR count). The average Bonchev–Trinajstić information content (AvgIpc) is 2.69. The molecule has 0 fully saturated rings. The van der Waals surface area contributed by atoms with Crippen molar-refractivity contribution in [3.8, 4) is 17.6 Å². The Bertz CT molecular complexity index is 922. The number of ether oxygens (including phenoxy) is 2. The van der Waals surface area contributed by atoms with Gasteiger partial charge in [-0.25, -0.2) is 0 Å². The summed E-state index contributed by atoms with van der Waals surface area (Å²) in [5.74, 6) is 0.740. The average molecular weight is 401 g/mol. The molecule has 2 aromatic carbocycles. The summed E-state index contributed by atoms with van der Waals surface area (Å²) in [4.78, 5) is 12.2. The minimum Gasteiger partial charge on any atom is -0.493 e. The Morgan fingerprint density at radius 1 is 1.21 bits per heavy atom. The maximum absolute atomic E-state index is 12.2. The molecule has 8 heteroatoms. The first-order chi connectivity index (χ1) is 13.5. The number of carbonyl (C=O) groups is 1. The Labute approximate surface area is 168 Å². The lowest BCUT2D eigenvalue weighted by atomic mass is 10.1. The molecule has 4 N–H and O–H groups in total. The number of amides is 1. The second-order valence-corrected chi connectivity index (χ2v) is 6.16. The summed E-state index contributed by atoms with van der Waals surface area (Å²) in [7, 11) is 3.16. The number of nitriles is 1. The van der Waals surface area contributed by atoms with Crippen molar-refractivity contribution in [2.24, 2.45) is 0 Å². The van der Waals surface area contributed by atoms with Crippen molar-refractivity contribution in [3.05, 3.63) is 58.8 Å². The normalized spacial score (nSPS) is 10.7. The first-order valence-corrected chi connectivity index (χ1v) is 8.77. The fraction of sp³-hybridized carbons (Fsp3) is 0.200. The number of carbonyl (C=O) groups excluding carboxylic acids is 1. The van der Waals surface area contributed by atoms with E-state index in [4.69, 9.17) is 26.8 Å². The third-order valence-corrected chi connectivity index (χ3v) is 4.17. The van der Waals surface area contributed by atoms with Crippen LogP contribution in [-0.4, -0.2) is 26.7 Å². The van der Waals surface area contributed by atoms with Gasteiger partial charge in [0, 0.05) is 18.4 Å². The highest BCUT2D eigenvalue weighted by Crippen LogP contribution is 2.27. The van der Waals surface area contributed by atoms with Gasteiger partial charge in [-0.3, -0.25) is 4.79 Å². The fourth-order valence-corrected chi connectivity index (χ4v) is 2.63. The number of nitrogens with zero attached hydrogens (tertiary/aromatic N) is 1. The number of nitrogen functional groups attached to an aromatic ring is 1. The Balaban J connectivity index is 1.94. The third kappa shape index (κ3) is 5.56. The molecule has 1 amide bonds. The lowest BCUT2D eigenvalue weighted by molar-refractivity contribution is -0.112. The predicted octanol–water partition coefficient (Wildman–Crippen LogP) is 3.12. The molecule has 0 saturated carbocycles. The maximum Gasteiger partial charge on any atom is 0.267 e. The van der Waals surface area contributed by atoms with Crippen LogP contribution in [0.3, 0.4) is 0 Å². The van der Waals surface area contributed by atoms with Crippen LogP contribution in [0.1, 0.15) is 5.56 Å². The Morgan fingerprint density at radius 3 is 2.61 bits per heavy atom. The molecule has 0 unspecified atom stereocenters. The van der Waals surface area contributed by atoms with Crippen molar-refractivity contribution in [1.82, 2.24) is 5.32 Å². The topological polar surface area (TPSA) is 109 Å². The van der Waals surface area contributed by atoms with E-state index in [1.54, 1.807) is 26.4 Å². The first-order valence-electron chi connectivity index (χ1n) is 8.39. The van der Waals surface area contributed by atoms with E-state index in [1.165, 1.54) is 12.3 Å².